The SMILES string of the molecule is CC(C)c1cc(C2(C)CC2)nc(C(C)(C)C)n1. The van der Waals surface area contributed by atoms with E-state index in [1.54, 1.807) is 0 Å². The Morgan fingerprint density at radius 2 is 1.76 bits per heavy atom. The molecule has 0 aliphatic heterocycles. The third kappa shape index (κ3) is 2.51. The van der Waals surface area contributed by atoms with Gasteiger partial charge in [0.2, 0.25) is 0 Å². The molecule has 1 fully saturated rings. The lowest BCUT2D eigenvalue weighted by Crippen LogP contribution is -2.20. The molecule has 0 unspecified atom stereocenters. The van der Waals surface area contributed by atoms with Gasteiger partial charge in [-0.25, -0.2) is 9.97 Å². The van der Waals surface area contributed by atoms with E-state index < -0.39 is 0 Å². The summed E-state index contributed by atoms with van der Waals surface area (Å²) in [6.07, 6.45) is 2.54. The van der Waals surface area contributed by atoms with Crippen LogP contribution in [0, 0.1) is 0 Å². The molecule has 1 aromatic heterocycles. The van der Waals surface area contributed by atoms with Gasteiger partial charge in [0.05, 0.1) is 5.69 Å². The quantitative estimate of drug-likeness (QED) is 0.771. The fourth-order valence-corrected chi connectivity index (χ4v) is 1.85. The lowest BCUT2D eigenvalue weighted by atomic mass is 9.93. The number of aromatic nitrogens is 2. The molecule has 1 heterocycles. The van der Waals surface area contributed by atoms with Crippen LogP contribution < -0.4 is 0 Å². The third-order valence-corrected chi connectivity index (χ3v) is 3.63. The number of rotatable bonds is 2. The van der Waals surface area contributed by atoms with Crippen LogP contribution in [0.25, 0.3) is 0 Å². The van der Waals surface area contributed by atoms with Crippen molar-refractivity contribution in [2.24, 2.45) is 0 Å². The Labute approximate surface area is 105 Å². The van der Waals surface area contributed by atoms with E-state index in [2.05, 4.69) is 47.6 Å². The van der Waals surface area contributed by atoms with Crippen LogP contribution in [0.15, 0.2) is 6.07 Å². The highest BCUT2D eigenvalue weighted by Gasteiger charge is 2.41. The molecule has 1 aliphatic carbocycles. The van der Waals surface area contributed by atoms with Crippen LogP contribution in [0.3, 0.4) is 0 Å². The Hall–Kier alpha value is -0.920. The summed E-state index contributed by atoms with van der Waals surface area (Å²) in [6, 6.07) is 2.22. The minimum atomic E-state index is 0.0326. The summed E-state index contributed by atoms with van der Waals surface area (Å²) in [5, 5.41) is 0. The summed E-state index contributed by atoms with van der Waals surface area (Å²) in [5.74, 6) is 1.46. The Bertz CT molecular complexity index is 400. The average molecular weight is 232 g/mol. The molecule has 0 amide bonds. The molecule has 1 aliphatic rings. The molecular formula is C15H24N2. The Balaban J connectivity index is 2.51. The molecule has 2 rings (SSSR count). The number of nitrogens with zero attached hydrogens (tertiary/aromatic N) is 2. The van der Waals surface area contributed by atoms with Crippen LogP contribution >= 0.6 is 0 Å². The minimum Gasteiger partial charge on any atom is -0.237 e. The monoisotopic (exact) mass is 232 g/mol. The summed E-state index contributed by atoms with van der Waals surface area (Å²) in [4.78, 5) is 9.54. The number of hydrogen-bond donors (Lipinski definition) is 0. The van der Waals surface area contributed by atoms with E-state index in [4.69, 9.17) is 9.97 Å². The fourth-order valence-electron chi connectivity index (χ4n) is 1.85. The molecule has 17 heavy (non-hydrogen) atoms. The van der Waals surface area contributed by atoms with Crippen molar-refractivity contribution in [2.75, 3.05) is 0 Å². The maximum atomic E-state index is 4.81. The van der Waals surface area contributed by atoms with Crippen LogP contribution in [-0.2, 0) is 10.8 Å². The van der Waals surface area contributed by atoms with Crippen molar-refractivity contribution in [3.63, 3.8) is 0 Å². The highest BCUT2D eigenvalue weighted by molar-refractivity contribution is 5.27. The average Bonchev–Trinajstić information content (AvgIpc) is 2.96. The Morgan fingerprint density at radius 3 is 2.18 bits per heavy atom. The van der Waals surface area contributed by atoms with Crippen molar-refractivity contribution < 1.29 is 0 Å². The third-order valence-electron chi connectivity index (χ3n) is 3.63. The fraction of sp³-hybridized carbons (Fsp3) is 0.733. The van der Waals surface area contributed by atoms with Gasteiger partial charge in [-0.2, -0.15) is 0 Å². The molecule has 0 saturated heterocycles. The Kier molecular flexibility index (Phi) is 2.80. The zero-order valence-electron chi connectivity index (χ0n) is 12.0. The second-order valence-corrected chi connectivity index (χ2v) is 6.97. The van der Waals surface area contributed by atoms with Crippen molar-refractivity contribution in [1.29, 1.82) is 0 Å². The summed E-state index contributed by atoms with van der Waals surface area (Å²) >= 11 is 0. The first-order valence-electron chi connectivity index (χ1n) is 6.62. The zero-order valence-corrected chi connectivity index (χ0v) is 12.0. The molecule has 2 nitrogen and oxygen atoms in total. The van der Waals surface area contributed by atoms with Crippen molar-refractivity contribution in [3.05, 3.63) is 23.3 Å². The van der Waals surface area contributed by atoms with Crippen molar-refractivity contribution in [1.82, 2.24) is 9.97 Å². The molecule has 0 spiro atoms. The summed E-state index contributed by atoms with van der Waals surface area (Å²) in [7, 11) is 0. The van der Waals surface area contributed by atoms with Gasteiger partial charge in [-0.05, 0) is 24.8 Å². The zero-order chi connectivity index (χ0) is 12.8. The molecule has 0 bridgehead atoms. The van der Waals surface area contributed by atoms with Gasteiger partial charge in [0.15, 0.2) is 0 Å². The van der Waals surface area contributed by atoms with Gasteiger partial charge in [0.25, 0.3) is 0 Å². The van der Waals surface area contributed by atoms with E-state index >= 15 is 0 Å². The van der Waals surface area contributed by atoms with Crippen LogP contribution in [0.5, 0.6) is 0 Å². The molecule has 0 atom stereocenters. The maximum absolute atomic E-state index is 4.81. The van der Waals surface area contributed by atoms with E-state index in [1.807, 2.05) is 0 Å². The maximum Gasteiger partial charge on any atom is 0.134 e. The van der Waals surface area contributed by atoms with E-state index in [-0.39, 0.29) is 5.41 Å². The second kappa shape index (κ2) is 3.79. The standard InChI is InChI=1S/C15H24N2/c1-10(2)11-9-12(15(6)7-8-15)17-13(16-11)14(3,4)5/h9-10H,7-8H2,1-6H3. The molecular weight excluding hydrogens is 208 g/mol. The predicted octanol–water partition coefficient (Wildman–Crippen LogP) is 3.95. The highest BCUT2D eigenvalue weighted by atomic mass is 14.9. The van der Waals surface area contributed by atoms with Gasteiger partial charge >= 0.3 is 0 Å². The minimum absolute atomic E-state index is 0.0326. The van der Waals surface area contributed by atoms with Crippen LogP contribution in [0.1, 0.15) is 77.5 Å². The number of hydrogen-bond acceptors (Lipinski definition) is 2. The lowest BCUT2D eigenvalue weighted by Gasteiger charge is -2.21. The second-order valence-electron chi connectivity index (χ2n) is 6.97. The summed E-state index contributed by atoms with van der Waals surface area (Å²) in [5.41, 5.74) is 2.80. The molecule has 2 heteroatoms. The first-order chi connectivity index (χ1) is 7.72. The molecule has 1 aromatic rings. The van der Waals surface area contributed by atoms with E-state index in [1.165, 1.54) is 24.2 Å². The van der Waals surface area contributed by atoms with Gasteiger partial charge in [0.1, 0.15) is 5.82 Å². The van der Waals surface area contributed by atoms with E-state index in [9.17, 15) is 0 Å². The summed E-state index contributed by atoms with van der Waals surface area (Å²) < 4.78 is 0. The molecule has 0 radical (unpaired) electrons. The first kappa shape index (κ1) is 12.5. The van der Waals surface area contributed by atoms with Crippen LogP contribution in [0.2, 0.25) is 0 Å². The van der Waals surface area contributed by atoms with Crippen molar-refractivity contribution >= 4 is 0 Å². The van der Waals surface area contributed by atoms with E-state index in [0.717, 1.165) is 5.82 Å². The molecule has 94 valence electrons. The van der Waals surface area contributed by atoms with Crippen LogP contribution in [0.4, 0.5) is 0 Å². The van der Waals surface area contributed by atoms with Gasteiger partial charge < -0.3 is 0 Å². The topological polar surface area (TPSA) is 25.8 Å². The predicted molar refractivity (Wildman–Crippen MR) is 71.4 cm³/mol. The largest absolute Gasteiger partial charge is 0.237 e. The van der Waals surface area contributed by atoms with Crippen molar-refractivity contribution in [2.45, 2.75) is 71.1 Å². The lowest BCUT2D eigenvalue weighted by molar-refractivity contribution is 0.528. The molecule has 0 aromatic carbocycles. The van der Waals surface area contributed by atoms with Crippen molar-refractivity contribution in [3.8, 4) is 0 Å². The smallest absolute Gasteiger partial charge is 0.134 e. The van der Waals surface area contributed by atoms with Gasteiger partial charge in [-0.1, -0.05) is 41.5 Å². The Morgan fingerprint density at radius 1 is 1.18 bits per heavy atom. The van der Waals surface area contributed by atoms with E-state index in [0.29, 0.717) is 11.3 Å². The van der Waals surface area contributed by atoms with Crippen LogP contribution in [-0.4, -0.2) is 9.97 Å². The summed E-state index contributed by atoms with van der Waals surface area (Å²) in [6.45, 7) is 13.3. The molecule has 0 N–H and O–H groups in total. The highest BCUT2D eigenvalue weighted by Crippen LogP contribution is 2.47. The first-order valence-corrected chi connectivity index (χ1v) is 6.62. The van der Waals surface area contributed by atoms with Gasteiger partial charge in [-0.15, -0.1) is 0 Å². The normalized spacial score (nSPS) is 18.5. The van der Waals surface area contributed by atoms with Gasteiger partial charge in [0, 0.05) is 16.5 Å². The molecule has 1 saturated carbocycles. The van der Waals surface area contributed by atoms with Gasteiger partial charge in [-0.3, -0.25) is 0 Å².